The third-order valence-electron chi connectivity index (χ3n) is 7.42. The highest BCUT2D eigenvalue weighted by atomic mass is 19.2. The van der Waals surface area contributed by atoms with E-state index in [1.807, 2.05) is 12.1 Å². The molecule has 170 valence electrons. The molecule has 2 aromatic carbocycles. The standard InChI is InChI=1S/C28H32F2O2/c1-2-3-4-5-19-6-7-24-17-23(13-12-22(24)16-19)20-8-10-21(11-9-20)28(31)32-25-14-15-26(29)27(30)18-25/h2-3,8-11,14-15,18-19,22-24H,4-7,12-13,16-17H2,1H3/b3-2+. The van der Waals surface area contributed by atoms with Crippen LogP contribution in [0.3, 0.4) is 0 Å². The predicted molar refractivity (Wildman–Crippen MR) is 123 cm³/mol. The summed E-state index contributed by atoms with van der Waals surface area (Å²) in [6.07, 6.45) is 14.8. The molecule has 0 spiro atoms. The van der Waals surface area contributed by atoms with E-state index in [9.17, 15) is 13.6 Å². The summed E-state index contributed by atoms with van der Waals surface area (Å²) >= 11 is 0. The molecule has 2 aliphatic carbocycles. The first-order valence-electron chi connectivity index (χ1n) is 11.9. The van der Waals surface area contributed by atoms with Crippen molar-refractivity contribution in [2.75, 3.05) is 0 Å². The first-order chi connectivity index (χ1) is 15.5. The summed E-state index contributed by atoms with van der Waals surface area (Å²) in [5.74, 6) is 0.570. The normalized spacial score (nSPS) is 25.5. The SMILES string of the molecule is C/C=C/CCC1CCC2CC(c3ccc(C(=O)Oc4ccc(F)c(F)c4)cc3)CCC2C1. The summed E-state index contributed by atoms with van der Waals surface area (Å²) in [6.45, 7) is 2.10. The molecule has 32 heavy (non-hydrogen) atoms. The molecule has 2 aromatic rings. The van der Waals surface area contributed by atoms with Crippen molar-refractivity contribution in [1.29, 1.82) is 0 Å². The van der Waals surface area contributed by atoms with Crippen LogP contribution in [0.1, 0.15) is 80.1 Å². The van der Waals surface area contributed by atoms with Gasteiger partial charge in [-0.3, -0.25) is 0 Å². The van der Waals surface area contributed by atoms with Crippen molar-refractivity contribution in [2.45, 2.75) is 64.2 Å². The van der Waals surface area contributed by atoms with Crippen molar-refractivity contribution in [2.24, 2.45) is 17.8 Å². The maximum atomic E-state index is 13.3. The minimum Gasteiger partial charge on any atom is -0.423 e. The van der Waals surface area contributed by atoms with Gasteiger partial charge in [-0.15, -0.1) is 0 Å². The summed E-state index contributed by atoms with van der Waals surface area (Å²) in [4.78, 5) is 12.4. The maximum absolute atomic E-state index is 13.3. The quantitative estimate of drug-likeness (QED) is 0.261. The highest BCUT2D eigenvalue weighted by Gasteiger charge is 2.35. The Morgan fingerprint density at radius 2 is 1.72 bits per heavy atom. The number of hydrogen-bond acceptors (Lipinski definition) is 2. The summed E-state index contributed by atoms with van der Waals surface area (Å²) in [5.41, 5.74) is 1.69. The van der Waals surface area contributed by atoms with Gasteiger partial charge in [0.15, 0.2) is 11.6 Å². The van der Waals surface area contributed by atoms with Crippen LogP contribution in [0.25, 0.3) is 0 Å². The molecule has 0 saturated heterocycles. The molecular weight excluding hydrogens is 406 g/mol. The molecule has 2 aliphatic rings. The Morgan fingerprint density at radius 1 is 0.969 bits per heavy atom. The van der Waals surface area contributed by atoms with Crippen LogP contribution in [0.2, 0.25) is 0 Å². The Hall–Kier alpha value is -2.49. The zero-order valence-electron chi connectivity index (χ0n) is 18.7. The molecule has 2 saturated carbocycles. The largest absolute Gasteiger partial charge is 0.423 e. The van der Waals surface area contributed by atoms with Crippen molar-refractivity contribution in [3.05, 3.63) is 77.4 Å². The lowest BCUT2D eigenvalue weighted by Crippen LogP contribution is -2.30. The van der Waals surface area contributed by atoms with Gasteiger partial charge >= 0.3 is 5.97 Å². The fourth-order valence-electron chi connectivity index (χ4n) is 5.65. The number of fused-ring (bicyclic) bond motifs is 1. The Kier molecular flexibility index (Phi) is 7.39. The molecule has 0 amide bonds. The van der Waals surface area contributed by atoms with E-state index in [0.29, 0.717) is 11.5 Å². The van der Waals surface area contributed by atoms with Gasteiger partial charge in [-0.2, -0.15) is 0 Å². The van der Waals surface area contributed by atoms with E-state index in [2.05, 4.69) is 19.1 Å². The van der Waals surface area contributed by atoms with Gasteiger partial charge in [-0.05, 0) is 105 Å². The molecular formula is C28H32F2O2. The molecule has 0 heterocycles. The van der Waals surface area contributed by atoms with E-state index in [1.54, 1.807) is 12.1 Å². The zero-order chi connectivity index (χ0) is 22.5. The molecule has 2 nitrogen and oxygen atoms in total. The number of carbonyl (C=O) groups is 1. The maximum Gasteiger partial charge on any atom is 0.343 e. The van der Waals surface area contributed by atoms with Crippen molar-refractivity contribution in [3.63, 3.8) is 0 Å². The molecule has 4 atom stereocenters. The molecule has 4 unspecified atom stereocenters. The van der Waals surface area contributed by atoms with Crippen LogP contribution in [0, 0.1) is 29.4 Å². The number of allylic oxidation sites excluding steroid dienone is 2. The van der Waals surface area contributed by atoms with E-state index >= 15 is 0 Å². The highest BCUT2D eigenvalue weighted by Crippen LogP contribution is 2.48. The van der Waals surface area contributed by atoms with Crippen LogP contribution in [0.15, 0.2) is 54.6 Å². The second kappa shape index (κ2) is 10.4. The summed E-state index contributed by atoms with van der Waals surface area (Å²) in [5, 5.41) is 0. The molecule has 0 aliphatic heterocycles. The highest BCUT2D eigenvalue weighted by molar-refractivity contribution is 5.91. The van der Waals surface area contributed by atoms with Crippen LogP contribution in [-0.2, 0) is 0 Å². The Labute approximate surface area is 189 Å². The second-order valence-electron chi connectivity index (χ2n) is 9.44. The number of benzene rings is 2. The number of esters is 1. The summed E-state index contributed by atoms with van der Waals surface area (Å²) < 4.78 is 31.6. The number of halogens is 2. The van der Waals surface area contributed by atoms with Gasteiger partial charge in [0.05, 0.1) is 5.56 Å². The summed E-state index contributed by atoms with van der Waals surface area (Å²) in [7, 11) is 0. The lowest BCUT2D eigenvalue weighted by molar-refractivity contribution is 0.0734. The average Bonchev–Trinajstić information content (AvgIpc) is 2.81. The van der Waals surface area contributed by atoms with Crippen LogP contribution in [0.5, 0.6) is 5.75 Å². The first-order valence-corrected chi connectivity index (χ1v) is 11.9. The fourth-order valence-corrected chi connectivity index (χ4v) is 5.65. The molecule has 0 bridgehead atoms. The van der Waals surface area contributed by atoms with E-state index < -0.39 is 17.6 Å². The van der Waals surface area contributed by atoms with Gasteiger partial charge in [0.2, 0.25) is 0 Å². The number of ether oxygens (including phenoxy) is 1. The molecule has 4 heteroatoms. The van der Waals surface area contributed by atoms with Gasteiger partial charge in [0.1, 0.15) is 5.75 Å². The van der Waals surface area contributed by atoms with Gasteiger partial charge < -0.3 is 4.74 Å². The average molecular weight is 439 g/mol. The van der Waals surface area contributed by atoms with Crippen LogP contribution < -0.4 is 4.74 Å². The summed E-state index contributed by atoms with van der Waals surface area (Å²) in [6, 6.07) is 10.7. The Balaban J connectivity index is 1.32. The van der Waals surface area contributed by atoms with Gasteiger partial charge in [0.25, 0.3) is 0 Å². The minimum absolute atomic E-state index is 0.00221. The number of rotatable bonds is 6. The van der Waals surface area contributed by atoms with Gasteiger partial charge in [0, 0.05) is 6.07 Å². The zero-order valence-corrected chi connectivity index (χ0v) is 18.7. The van der Waals surface area contributed by atoms with Crippen LogP contribution >= 0.6 is 0 Å². The van der Waals surface area contributed by atoms with Crippen molar-refractivity contribution in [3.8, 4) is 5.75 Å². The van der Waals surface area contributed by atoms with Crippen molar-refractivity contribution >= 4 is 5.97 Å². The van der Waals surface area contributed by atoms with E-state index in [4.69, 9.17) is 4.74 Å². The van der Waals surface area contributed by atoms with Gasteiger partial charge in [-0.1, -0.05) is 30.7 Å². The lowest BCUT2D eigenvalue weighted by atomic mass is 9.63. The Bertz CT molecular complexity index is 950. The van der Waals surface area contributed by atoms with Crippen molar-refractivity contribution in [1.82, 2.24) is 0 Å². The van der Waals surface area contributed by atoms with Crippen molar-refractivity contribution < 1.29 is 18.3 Å². The Morgan fingerprint density at radius 3 is 2.47 bits per heavy atom. The molecule has 0 N–H and O–H groups in total. The lowest BCUT2D eigenvalue weighted by Gasteiger charge is -2.42. The number of hydrogen-bond donors (Lipinski definition) is 0. The number of carbonyl (C=O) groups excluding carboxylic acids is 1. The smallest absolute Gasteiger partial charge is 0.343 e. The van der Waals surface area contributed by atoms with Gasteiger partial charge in [-0.25, -0.2) is 13.6 Å². The third-order valence-corrected chi connectivity index (χ3v) is 7.42. The van der Waals surface area contributed by atoms with E-state index in [1.165, 1.54) is 63.0 Å². The molecule has 4 rings (SSSR count). The minimum atomic E-state index is -1.03. The molecule has 2 fully saturated rings. The van der Waals surface area contributed by atoms with E-state index in [-0.39, 0.29) is 5.75 Å². The first kappa shape index (κ1) is 22.7. The molecule has 0 aromatic heterocycles. The fraction of sp³-hybridized carbons (Fsp3) is 0.464. The van der Waals surface area contributed by atoms with E-state index in [0.717, 1.165) is 29.9 Å². The monoisotopic (exact) mass is 438 g/mol. The van der Waals surface area contributed by atoms with Crippen LogP contribution in [-0.4, -0.2) is 5.97 Å². The van der Waals surface area contributed by atoms with Crippen LogP contribution in [0.4, 0.5) is 8.78 Å². The third kappa shape index (κ3) is 5.46. The second-order valence-corrected chi connectivity index (χ2v) is 9.44. The molecule has 0 radical (unpaired) electrons. The predicted octanol–water partition coefficient (Wildman–Crippen LogP) is 7.84. The topological polar surface area (TPSA) is 26.3 Å².